The fourth-order valence-corrected chi connectivity index (χ4v) is 2.21. The Balaban J connectivity index is 2.93. The summed E-state index contributed by atoms with van der Waals surface area (Å²) in [5.74, 6) is 0. The van der Waals surface area contributed by atoms with E-state index < -0.39 is 0 Å². The topological polar surface area (TPSA) is 35.5 Å². The van der Waals surface area contributed by atoms with E-state index in [1.165, 1.54) is 5.56 Å². The monoisotopic (exact) mass is 270 g/mol. The molecule has 0 aromatic heterocycles. The molecule has 0 radical (unpaired) electrons. The number of halogens is 1. The molecule has 0 unspecified atom stereocenters. The minimum absolute atomic E-state index is 0.172. The summed E-state index contributed by atoms with van der Waals surface area (Å²) in [4.78, 5) is 2.23. The lowest BCUT2D eigenvalue weighted by Gasteiger charge is -2.26. The van der Waals surface area contributed by atoms with Gasteiger partial charge < -0.3 is 15.3 Å². The van der Waals surface area contributed by atoms with Crippen molar-refractivity contribution < 1.29 is 5.11 Å². The van der Waals surface area contributed by atoms with Crippen molar-refractivity contribution in [1.82, 2.24) is 5.32 Å². The molecule has 0 bridgehead atoms. The van der Waals surface area contributed by atoms with Gasteiger partial charge in [-0.05, 0) is 37.2 Å². The molecule has 0 spiro atoms. The van der Waals surface area contributed by atoms with Gasteiger partial charge in [0.25, 0.3) is 0 Å². The van der Waals surface area contributed by atoms with E-state index in [-0.39, 0.29) is 6.61 Å². The average molecular weight is 271 g/mol. The van der Waals surface area contributed by atoms with Gasteiger partial charge in [-0.25, -0.2) is 0 Å². The lowest BCUT2D eigenvalue weighted by Crippen LogP contribution is -2.29. The largest absolute Gasteiger partial charge is 0.395 e. The van der Waals surface area contributed by atoms with Gasteiger partial charge in [0.1, 0.15) is 0 Å². The van der Waals surface area contributed by atoms with Gasteiger partial charge in [-0.1, -0.05) is 24.9 Å². The summed E-state index contributed by atoms with van der Waals surface area (Å²) in [6, 6.07) is 5.94. The van der Waals surface area contributed by atoms with Crippen LogP contribution in [0.3, 0.4) is 0 Å². The zero-order valence-corrected chi connectivity index (χ0v) is 12.0. The van der Waals surface area contributed by atoms with Gasteiger partial charge >= 0.3 is 0 Å². The molecule has 1 aromatic rings. The number of aliphatic hydroxyl groups excluding tert-OH is 1. The van der Waals surface area contributed by atoms with Crippen molar-refractivity contribution >= 4 is 17.3 Å². The number of aliphatic hydroxyl groups is 1. The lowest BCUT2D eigenvalue weighted by atomic mass is 10.1. The molecule has 0 saturated carbocycles. The summed E-state index contributed by atoms with van der Waals surface area (Å²) in [6.45, 7) is 4.76. The maximum Gasteiger partial charge on any atom is 0.0606 e. The van der Waals surface area contributed by atoms with Crippen LogP contribution in [0.2, 0.25) is 5.02 Å². The van der Waals surface area contributed by atoms with Crippen LogP contribution in [-0.2, 0) is 6.54 Å². The molecule has 0 aliphatic carbocycles. The molecular formula is C14H23ClN2O. The zero-order chi connectivity index (χ0) is 13.4. The highest BCUT2D eigenvalue weighted by atomic mass is 35.5. The maximum absolute atomic E-state index is 9.19. The van der Waals surface area contributed by atoms with Crippen LogP contribution < -0.4 is 10.2 Å². The van der Waals surface area contributed by atoms with E-state index in [9.17, 15) is 5.11 Å². The second kappa shape index (κ2) is 8.35. The van der Waals surface area contributed by atoms with Gasteiger partial charge in [0, 0.05) is 30.3 Å². The molecule has 18 heavy (non-hydrogen) atoms. The quantitative estimate of drug-likeness (QED) is 0.762. The van der Waals surface area contributed by atoms with Crippen LogP contribution in [0.1, 0.15) is 25.3 Å². The van der Waals surface area contributed by atoms with Crippen LogP contribution >= 0.6 is 11.6 Å². The van der Waals surface area contributed by atoms with E-state index in [0.29, 0.717) is 6.54 Å². The highest BCUT2D eigenvalue weighted by Gasteiger charge is 2.10. The smallest absolute Gasteiger partial charge is 0.0606 e. The van der Waals surface area contributed by atoms with Crippen molar-refractivity contribution in [2.75, 3.05) is 31.6 Å². The van der Waals surface area contributed by atoms with Crippen molar-refractivity contribution in [3.63, 3.8) is 0 Å². The van der Waals surface area contributed by atoms with Gasteiger partial charge in [0.05, 0.1) is 6.61 Å². The third kappa shape index (κ3) is 4.48. The van der Waals surface area contributed by atoms with E-state index in [1.54, 1.807) is 0 Å². The first-order chi connectivity index (χ1) is 8.72. The molecule has 1 rings (SSSR count). The van der Waals surface area contributed by atoms with Crippen LogP contribution in [0.25, 0.3) is 0 Å². The van der Waals surface area contributed by atoms with E-state index in [4.69, 9.17) is 11.6 Å². The minimum Gasteiger partial charge on any atom is -0.395 e. The Morgan fingerprint density at radius 2 is 2.11 bits per heavy atom. The predicted molar refractivity (Wildman–Crippen MR) is 78.4 cm³/mol. The maximum atomic E-state index is 9.19. The minimum atomic E-state index is 0.172. The van der Waals surface area contributed by atoms with Crippen LogP contribution in [0.5, 0.6) is 0 Å². The number of unbranched alkanes of at least 4 members (excludes halogenated alkanes) is 1. The third-order valence-electron chi connectivity index (χ3n) is 2.90. The Kier molecular flexibility index (Phi) is 7.09. The summed E-state index contributed by atoms with van der Waals surface area (Å²) in [7, 11) is 1.92. The Hall–Kier alpha value is -0.770. The highest BCUT2D eigenvalue weighted by Crippen LogP contribution is 2.24. The van der Waals surface area contributed by atoms with Crippen molar-refractivity contribution in [2.24, 2.45) is 0 Å². The number of anilines is 1. The van der Waals surface area contributed by atoms with Crippen LogP contribution in [0, 0.1) is 0 Å². The number of hydrogen-bond donors (Lipinski definition) is 2. The van der Waals surface area contributed by atoms with Gasteiger partial charge in [0.15, 0.2) is 0 Å². The average Bonchev–Trinajstić information content (AvgIpc) is 2.36. The molecule has 3 nitrogen and oxygen atoms in total. The van der Waals surface area contributed by atoms with E-state index in [0.717, 1.165) is 36.6 Å². The van der Waals surface area contributed by atoms with Crippen molar-refractivity contribution in [2.45, 2.75) is 26.3 Å². The molecule has 0 heterocycles. The first-order valence-electron chi connectivity index (χ1n) is 6.51. The lowest BCUT2D eigenvalue weighted by molar-refractivity contribution is 0.301. The molecular weight excluding hydrogens is 248 g/mol. The van der Waals surface area contributed by atoms with E-state index in [2.05, 4.69) is 17.1 Å². The molecule has 0 atom stereocenters. The molecule has 0 fully saturated rings. The van der Waals surface area contributed by atoms with Crippen LogP contribution in [0.15, 0.2) is 18.2 Å². The van der Waals surface area contributed by atoms with Crippen LogP contribution in [-0.4, -0.2) is 31.9 Å². The predicted octanol–water partition coefficient (Wildman–Crippen LogP) is 2.66. The van der Waals surface area contributed by atoms with Crippen molar-refractivity contribution in [3.05, 3.63) is 28.8 Å². The standard InChI is InChI=1S/C14H23ClN2O/c1-3-4-7-17(8-9-18)14-6-5-13(15)10-12(14)11-16-2/h5-6,10,16,18H,3-4,7-9,11H2,1-2H3. The summed E-state index contributed by atoms with van der Waals surface area (Å²) in [5, 5.41) is 13.1. The molecule has 2 N–H and O–H groups in total. The van der Waals surface area contributed by atoms with Gasteiger partial charge in [-0.2, -0.15) is 0 Å². The zero-order valence-electron chi connectivity index (χ0n) is 11.2. The molecule has 0 saturated heterocycles. The molecule has 102 valence electrons. The normalized spacial score (nSPS) is 10.7. The first-order valence-corrected chi connectivity index (χ1v) is 6.89. The number of rotatable bonds is 8. The van der Waals surface area contributed by atoms with E-state index in [1.807, 2.05) is 25.2 Å². The summed E-state index contributed by atoms with van der Waals surface area (Å²) < 4.78 is 0. The highest BCUT2D eigenvalue weighted by molar-refractivity contribution is 6.30. The van der Waals surface area contributed by atoms with Crippen LogP contribution in [0.4, 0.5) is 5.69 Å². The Labute approximate surface area is 115 Å². The number of hydrogen-bond acceptors (Lipinski definition) is 3. The second-order valence-electron chi connectivity index (χ2n) is 4.37. The fourth-order valence-electron chi connectivity index (χ4n) is 2.02. The Morgan fingerprint density at radius 1 is 1.33 bits per heavy atom. The molecule has 0 aliphatic heterocycles. The Bertz CT molecular complexity index is 358. The molecule has 4 heteroatoms. The second-order valence-corrected chi connectivity index (χ2v) is 4.80. The molecule has 0 amide bonds. The Morgan fingerprint density at radius 3 is 2.72 bits per heavy atom. The number of nitrogens with zero attached hydrogens (tertiary/aromatic N) is 1. The SMILES string of the molecule is CCCCN(CCO)c1ccc(Cl)cc1CNC. The first kappa shape index (κ1) is 15.3. The van der Waals surface area contributed by atoms with Gasteiger partial charge in [-0.3, -0.25) is 0 Å². The summed E-state index contributed by atoms with van der Waals surface area (Å²) in [5.41, 5.74) is 2.34. The van der Waals surface area contributed by atoms with Gasteiger partial charge in [0.2, 0.25) is 0 Å². The van der Waals surface area contributed by atoms with Gasteiger partial charge in [-0.15, -0.1) is 0 Å². The molecule has 0 aliphatic rings. The van der Waals surface area contributed by atoms with E-state index >= 15 is 0 Å². The molecule has 1 aromatic carbocycles. The number of benzene rings is 1. The van der Waals surface area contributed by atoms with Crippen molar-refractivity contribution in [1.29, 1.82) is 0 Å². The van der Waals surface area contributed by atoms with Crippen molar-refractivity contribution in [3.8, 4) is 0 Å². The fraction of sp³-hybridized carbons (Fsp3) is 0.571. The summed E-state index contributed by atoms with van der Waals surface area (Å²) in [6.07, 6.45) is 2.28. The summed E-state index contributed by atoms with van der Waals surface area (Å²) >= 11 is 6.04. The number of nitrogens with one attached hydrogen (secondary N) is 1. The third-order valence-corrected chi connectivity index (χ3v) is 3.14.